The smallest absolute Gasteiger partial charge is 0.256 e. The van der Waals surface area contributed by atoms with Crippen LogP contribution in [0.4, 0.5) is 5.82 Å². The summed E-state index contributed by atoms with van der Waals surface area (Å²) in [5, 5.41) is 3.44. The second-order valence-corrected chi connectivity index (χ2v) is 4.01. The first-order valence-electron chi connectivity index (χ1n) is 4.69. The van der Waals surface area contributed by atoms with E-state index in [4.69, 9.17) is 23.2 Å². The number of amides is 1. The summed E-state index contributed by atoms with van der Waals surface area (Å²) in [6.45, 7) is 0. The number of anilines is 1. The Balaban J connectivity index is 2.11. The fourth-order valence-corrected chi connectivity index (χ4v) is 1.39. The molecular weight excluding hydrogens is 261 g/mol. The van der Waals surface area contributed by atoms with Crippen molar-refractivity contribution in [2.45, 2.75) is 0 Å². The second-order valence-electron chi connectivity index (χ2n) is 3.19. The Labute approximate surface area is 108 Å². The van der Waals surface area contributed by atoms with E-state index >= 15 is 0 Å². The van der Waals surface area contributed by atoms with E-state index in [1.54, 1.807) is 24.3 Å². The molecule has 2 rings (SSSR count). The minimum absolute atomic E-state index is 0.273. The molecule has 1 N–H and O–H groups in total. The van der Waals surface area contributed by atoms with Crippen LogP contribution in [0.5, 0.6) is 0 Å². The molecule has 1 aromatic heterocycles. The molecule has 0 saturated carbocycles. The minimum atomic E-state index is -0.279. The Morgan fingerprint density at radius 3 is 2.35 bits per heavy atom. The van der Waals surface area contributed by atoms with E-state index in [1.807, 2.05) is 0 Å². The van der Waals surface area contributed by atoms with Gasteiger partial charge in [-0.25, -0.2) is 9.97 Å². The van der Waals surface area contributed by atoms with Crippen LogP contribution in [0.1, 0.15) is 10.4 Å². The van der Waals surface area contributed by atoms with Gasteiger partial charge in [0, 0.05) is 10.6 Å². The first-order valence-corrected chi connectivity index (χ1v) is 5.45. The van der Waals surface area contributed by atoms with Crippen molar-refractivity contribution < 1.29 is 4.79 Å². The predicted octanol–water partition coefficient (Wildman–Crippen LogP) is 3.04. The second kappa shape index (κ2) is 5.12. The van der Waals surface area contributed by atoms with Gasteiger partial charge in [0.2, 0.25) is 0 Å². The van der Waals surface area contributed by atoms with Gasteiger partial charge in [0.15, 0.2) is 5.82 Å². The Hall–Kier alpha value is -1.65. The topological polar surface area (TPSA) is 54.9 Å². The van der Waals surface area contributed by atoms with Crippen molar-refractivity contribution in [1.82, 2.24) is 9.97 Å². The van der Waals surface area contributed by atoms with Crippen LogP contribution >= 0.6 is 23.2 Å². The van der Waals surface area contributed by atoms with Gasteiger partial charge >= 0.3 is 0 Å². The highest BCUT2D eigenvalue weighted by Crippen LogP contribution is 2.11. The summed E-state index contributed by atoms with van der Waals surface area (Å²) in [7, 11) is 0. The van der Waals surface area contributed by atoms with Gasteiger partial charge in [-0.2, -0.15) is 0 Å². The third-order valence-electron chi connectivity index (χ3n) is 1.97. The van der Waals surface area contributed by atoms with Crippen molar-refractivity contribution in [3.8, 4) is 0 Å². The molecular formula is C11H7Cl2N3O. The predicted molar refractivity (Wildman–Crippen MR) is 66.4 cm³/mol. The van der Waals surface area contributed by atoms with Gasteiger partial charge in [-0.15, -0.1) is 0 Å². The van der Waals surface area contributed by atoms with E-state index in [9.17, 15) is 4.79 Å². The molecule has 17 heavy (non-hydrogen) atoms. The summed E-state index contributed by atoms with van der Waals surface area (Å²) in [6.07, 6.45) is 2.75. The van der Waals surface area contributed by atoms with E-state index in [1.165, 1.54) is 12.4 Å². The van der Waals surface area contributed by atoms with Crippen molar-refractivity contribution in [1.29, 1.82) is 0 Å². The van der Waals surface area contributed by atoms with Gasteiger partial charge in [0.1, 0.15) is 5.15 Å². The van der Waals surface area contributed by atoms with E-state index in [0.717, 1.165) is 0 Å². The first-order chi connectivity index (χ1) is 8.15. The number of hydrogen-bond acceptors (Lipinski definition) is 3. The normalized spacial score (nSPS) is 10.0. The number of carbonyl (C=O) groups is 1. The average molecular weight is 268 g/mol. The van der Waals surface area contributed by atoms with Gasteiger partial charge in [0.25, 0.3) is 5.91 Å². The number of nitrogens with zero attached hydrogens (tertiary/aromatic N) is 2. The van der Waals surface area contributed by atoms with Gasteiger partial charge in [-0.3, -0.25) is 4.79 Å². The Morgan fingerprint density at radius 1 is 1.06 bits per heavy atom. The number of carbonyl (C=O) groups excluding carboxylic acids is 1. The van der Waals surface area contributed by atoms with Crippen molar-refractivity contribution in [2.24, 2.45) is 0 Å². The molecule has 0 spiro atoms. The van der Waals surface area contributed by atoms with Crippen LogP contribution in [0.25, 0.3) is 0 Å². The lowest BCUT2D eigenvalue weighted by molar-refractivity contribution is 0.102. The Bertz CT molecular complexity index is 525. The molecule has 1 heterocycles. The Morgan fingerprint density at radius 2 is 1.76 bits per heavy atom. The quantitative estimate of drug-likeness (QED) is 0.910. The summed E-state index contributed by atoms with van der Waals surface area (Å²) in [5.74, 6) is 0.0626. The molecule has 0 fully saturated rings. The van der Waals surface area contributed by atoms with Gasteiger partial charge in [-0.1, -0.05) is 23.2 Å². The number of hydrogen-bond donors (Lipinski definition) is 1. The molecule has 1 amide bonds. The molecule has 0 aliphatic heterocycles. The molecule has 0 aliphatic carbocycles. The molecule has 2 aromatic rings. The fourth-order valence-electron chi connectivity index (χ4n) is 1.17. The van der Waals surface area contributed by atoms with Crippen molar-refractivity contribution >= 4 is 34.9 Å². The van der Waals surface area contributed by atoms with Gasteiger partial charge in [-0.05, 0) is 24.3 Å². The van der Waals surface area contributed by atoms with E-state index in [2.05, 4.69) is 15.3 Å². The van der Waals surface area contributed by atoms with Crippen LogP contribution in [0, 0.1) is 0 Å². The maximum absolute atomic E-state index is 11.8. The lowest BCUT2D eigenvalue weighted by Crippen LogP contribution is -2.12. The minimum Gasteiger partial charge on any atom is -0.305 e. The maximum Gasteiger partial charge on any atom is 0.256 e. The molecule has 0 aliphatic rings. The molecule has 4 nitrogen and oxygen atoms in total. The molecule has 0 saturated heterocycles. The van der Waals surface area contributed by atoms with Crippen LogP contribution in [0.15, 0.2) is 36.7 Å². The number of halogens is 2. The lowest BCUT2D eigenvalue weighted by atomic mass is 10.2. The van der Waals surface area contributed by atoms with Crippen molar-refractivity contribution in [2.75, 3.05) is 5.32 Å². The number of aromatic nitrogens is 2. The maximum atomic E-state index is 11.8. The lowest BCUT2D eigenvalue weighted by Gasteiger charge is -2.03. The van der Waals surface area contributed by atoms with Crippen LogP contribution in [0.2, 0.25) is 10.2 Å². The number of rotatable bonds is 2. The standard InChI is InChI=1S/C11H7Cl2N3O/c12-8-3-1-7(2-4-8)11(17)16-10-6-14-9(13)5-15-10/h1-6H,(H,15,16,17). The molecule has 0 radical (unpaired) electrons. The van der Waals surface area contributed by atoms with Gasteiger partial charge in [0.05, 0.1) is 12.4 Å². The van der Waals surface area contributed by atoms with Crippen LogP contribution in [0.3, 0.4) is 0 Å². The molecule has 1 aromatic carbocycles. The molecule has 6 heteroatoms. The van der Waals surface area contributed by atoms with Crippen molar-refractivity contribution in [3.05, 3.63) is 52.4 Å². The summed E-state index contributed by atoms with van der Waals surface area (Å²) in [6, 6.07) is 6.54. The number of nitrogens with one attached hydrogen (secondary N) is 1. The highest BCUT2D eigenvalue weighted by Gasteiger charge is 2.06. The summed E-state index contributed by atoms with van der Waals surface area (Å²) in [4.78, 5) is 19.5. The van der Waals surface area contributed by atoms with Gasteiger partial charge < -0.3 is 5.32 Å². The number of benzene rings is 1. The van der Waals surface area contributed by atoms with Crippen LogP contribution in [-0.2, 0) is 0 Å². The fraction of sp³-hybridized carbons (Fsp3) is 0. The van der Waals surface area contributed by atoms with Crippen molar-refractivity contribution in [3.63, 3.8) is 0 Å². The zero-order chi connectivity index (χ0) is 12.3. The van der Waals surface area contributed by atoms with E-state index in [0.29, 0.717) is 16.4 Å². The monoisotopic (exact) mass is 267 g/mol. The van der Waals surface area contributed by atoms with Crippen LogP contribution < -0.4 is 5.32 Å². The molecule has 0 unspecified atom stereocenters. The van der Waals surface area contributed by atoms with E-state index in [-0.39, 0.29) is 11.1 Å². The molecule has 86 valence electrons. The zero-order valence-corrected chi connectivity index (χ0v) is 10.0. The summed E-state index contributed by atoms with van der Waals surface area (Å²) < 4.78 is 0. The average Bonchev–Trinajstić information content (AvgIpc) is 2.33. The summed E-state index contributed by atoms with van der Waals surface area (Å²) in [5.41, 5.74) is 0.492. The Kier molecular flexibility index (Phi) is 3.56. The van der Waals surface area contributed by atoms with Crippen LogP contribution in [-0.4, -0.2) is 15.9 Å². The zero-order valence-electron chi connectivity index (χ0n) is 8.52. The molecule has 0 bridgehead atoms. The summed E-state index contributed by atoms with van der Waals surface area (Å²) >= 11 is 11.3. The molecule has 0 atom stereocenters. The highest BCUT2D eigenvalue weighted by atomic mass is 35.5. The third kappa shape index (κ3) is 3.15. The third-order valence-corrected chi connectivity index (χ3v) is 2.42. The highest BCUT2D eigenvalue weighted by molar-refractivity contribution is 6.30. The largest absolute Gasteiger partial charge is 0.305 e. The first kappa shape index (κ1) is 11.8. The van der Waals surface area contributed by atoms with E-state index < -0.39 is 0 Å². The SMILES string of the molecule is O=C(Nc1cnc(Cl)cn1)c1ccc(Cl)cc1.